The molecule has 0 bridgehead atoms. The van der Waals surface area contributed by atoms with E-state index in [1.54, 1.807) is 0 Å². The summed E-state index contributed by atoms with van der Waals surface area (Å²) in [6.07, 6.45) is 2.77. The molecule has 0 amide bonds. The van der Waals surface area contributed by atoms with Gasteiger partial charge < -0.3 is 4.43 Å². The molecular weight excluding hydrogens is 228 g/mol. The van der Waals surface area contributed by atoms with Crippen molar-refractivity contribution in [3.05, 3.63) is 0 Å². The van der Waals surface area contributed by atoms with Gasteiger partial charge in [-0.1, -0.05) is 34.6 Å². The summed E-state index contributed by atoms with van der Waals surface area (Å²) in [6, 6.07) is 0. The third-order valence-corrected chi connectivity index (χ3v) is 9.06. The van der Waals surface area contributed by atoms with Gasteiger partial charge in [0.2, 0.25) is 0 Å². The second-order valence-corrected chi connectivity index (χ2v) is 12.3. The van der Waals surface area contributed by atoms with E-state index < -0.39 is 8.32 Å². The molecule has 1 unspecified atom stereocenters. The van der Waals surface area contributed by atoms with E-state index in [0.29, 0.717) is 12.2 Å². The fourth-order valence-electron chi connectivity index (χ4n) is 1.94. The number of Topliss-reactive ketones (excluding diaryl/α,β-unsaturated/α-hetero) is 1. The van der Waals surface area contributed by atoms with Gasteiger partial charge in [0.05, 0.1) is 6.10 Å². The SMILES string of the molecule is CC1(C)CCC(O[Si](C)(C)C(C)(C)C)CC1=O. The summed E-state index contributed by atoms with van der Waals surface area (Å²) in [7, 11) is -1.72. The van der Waals surface area contributed by atoms with Crippen LogP contribution in [0.25, 0.3) is 0 Å². The monoisotopic (exact) mass is 256 g/mol. The van der Waals surface area contributed by atoms with Crippen molar-refractivity contribution in [1.82, 2.24) is 0 Å². The first kappa shape index (κ1) is 14.9. The number of carbonyl (C=O) groups excluding carboxylic acids is 1. The predicted octanol–water partition coefficient (Wildman–Crippen LogP) is 4.16. The lowest BCUT2D eigenvalue weighted by Gasteiger charge is -2.42. The molecule has 0 radical (unpaired) electrons. The minimum atomic E-state index is -1.72. The zero-order valence-electron chi connectivity index (χ0n) is 12.5. The lowest BCUT2D eigenvalue weighted by atomic mass is 9.75. The van der Waals surface area contributed by atoms with E-state index in [4.69, 9.17) is 4.43 Å². The summed E-state index contributed by atoms with van der Waals surface area (Å²) >= 11 is 0. The van der Waals surface area contributed by atoms with Crippen LogP contribution in [0, 0.1) is 5.41 Å². The molecule has 0 heterocycles. The van der Waals surface area contributed by atoms with Crippen LogP contribution in [0.1, 0.15) is 53.9 Å². The molecule has 17 heavy (non-hydrogen) atoms. The standard InChI is InChI=1S/C14H28O2Si/c1-13(2,3)17(6,7)16-11-8-9-14(4,5)12(15)10-11/h11H,8-10H2,1-7H3. The fourth-order valence-corrected chi connectivity index (χ4v) is 3.33. The number of rotatable bonds is 2. The molecular formula is C14H28O2Si. The quantitative estimate of drug-likeness (QED) is 0.694. The van der Waals surface area contributed by atoms with E-state index in [0.717, 1.165) is 12.8 Å². The largest absolute Gasteiger partial charge is 0.413 e. The number of carbonyl (C=O) groups is 1. The van der Waals surface area contributed by atoms with Gasteiger partial charge in [-0.2, -0.15) is 0 Å². The summed E-state index contributed by atoms with van der Waals surface area (Å²) < 4.78 is 6.32. The molecule has 0 saturated heterocycles. The van der Waals surface area contributed by atoms with Crippen molar-refractivity contribution >= 4 is 14.1 Å². The Bertz CT molecular complexity index is 300. The molecule has 1 rings (SSSR count). The van der Waals surface area contributed by atoms with Gasteiger partial charge >= 0.3 is 0 Å². The van der Waals surface area contributed by atoms with Crippen LogP contribution >= 0.6 is 0 Å². The lowest BCUT2D eigenvalue weighted by Crippen LogP contribution is -2.46. The maximum Gasteiger partial charge on any atom is 0.192 e. The Morgan fingerprint density at radius 3 is 2.24 bits per heavy atom. The number of hydrogen-bond acceptors (Lipinski definition) is 2. The van der Waals surface area contributed by atoms with Crippen LogP contribution in [0.2, 0.25) is 18.1 Å². The lowest BCUT2D eigenvalue weighted by molar-refractivity contribution is -0.132. The van der Waals surface area contributed by atoms with Gasteiger partial charge in [-0.25, -0.2) is 0 Å². The summed E-state index contributed by atoms with van der Waals surface area (Å²) in [5.74, 6) is 0.368. The van der Waals surface area contributed by atoms with E-state index in [2.05, 4.69) is 47.7 Å². The molecule has 3 heteroatoms. The van der Waals surface area contributed by atoms with Gasteiger partial charge in [-0.05, 0) is 31.0 Å². The molecule has 0 N–H and O–H groups in total. The fraction of sp³-hybridized carbons (Fsp3) is 0.929. The van der Waals surface area contributed by atoms with Crippen LogP contribution in [-0.2, 0) is 9.22 Å². The van der Waals surface area contributed by atoms with Crippen LogP contribution in [0.4, 0.5) is 0 Å². The average molecular weight is 256 g/mol. The van der Waals surface area contributed by atoms with Crippen molar-refractivity contribution in [3.63, 3.8) is 0 Å². The minimum Gasteiger partial charge on any atom is -0.413 e. The third kappa shape index (κ3) is 3.41. The van der Waals surface area contributed by atoms with Crippen molar-refractivity contribution < 1.29 is 9.22 Å². The van der Waals surface area contributed by atoms with Crippen molar-refractivity contribution in [2.45, 2.75) is 78.1 Å². The van der Waals surface area contributed by atoms with Gasteiger partial charge in [0.25, 0.3) is 0 Å². The van der Waals surface area contributed by atoms with Gasteiger partial charge in [0.15, 0.2) is 8.32 Å². The summed E-state index contributed by atoms with van der Waals surface area (Å²) in [6.45, 7) is 15.4. The van der Waals surface area contributed by atoms with Gasteiger partial charge in [-0.3, -0.25) is 4.79 Å². The summed E-state index contributed by atoms with van der Waals surface area (Å²) in [4.78, 5) is 12.0. The molecule has 1 saturated carbocycles. The highest BCUT2D eigenvalue weighted by atomic mass is 28.4. The van der Waals surface area contributed by atoms with Crippen LogP contribution in [0.15, 0.2) is 0 Å². The van der Waals surface area contributed by atoms with E-state index >= 15 is 0 Å². The zero-order valence-corrected chi connectivity index (χ0v) is 13.5. The maximum absolute atomic E-state index is 12.0. The molecule has 2 nitrogen and oxygen atoms in total. The molecule has 0 aliphatic heterocycles. The molecule has 0 aromatic carbocycles. The van der Waals surface area contributed by atoms with E-state index in [1.165, 1.54) is 0 Å². The minimum absolute atomic E-state index is 0.132. The molecule has 100 valence electrons. The molecule has 1 aliphatic rings. The van der Waals surface area contributed by atoms with Crippen molar-refractivity contribution in [3.8, 4) is 0 Å². The first-order valence-electron chi connectivity index (χ1n) is 6.67. The highest BCUT2D eigenvalue weighted by molar-refractivity contribution is 6.74. The Kier molecular flexibility index (Phi) is 3.95. The van der Waals surface area contributed by atoms with Gasteiger partial charge in [0, 0.05) is 11.8 Å². The van der Waals surface area contributed by atoms with Crippen LogP contribution < -0.4 is 0 Å². The van der Waals surface area contributed by atoms with Gasteiger partial charge in [-0.15, -0.1) is 0 Å². The summed E-state index contributed by atoms with van der Waals surface area (Å²) in [5, 5.41) is 0.225. The highest BCUT2D eigenvalue weighted by Crippen LogP contribution is 2.40. The van der Waals surface area contributed by atoms with Crippen molar-refractivity contribution in [2.24, 2.45) is 5.41 Å². The molecule has 0 aromatic rings. The first-order valence-corrected chi connectivity index (χ1v) is 9.58. The first-order chi connectivity index (χ1) is 7.46. The smallest absolute Gasteiger partial charge is 0.192 e. The molecule has 0 spiro atoms. The average Bonchev–Trinajstić information content (AvgIpc) is 2.09. The maximum atomic E-state index is 12.0. The second-order valence-electron chi connectivity index (χ2n) is 7.55. The number of ketones is 1. The predicted molar refractivity (Wildman–Crippen MR) is 74.7 cm³/mol. The van der Waals surface area contributed by atoms with Crippen LogP contribution in [0.3, 0.4) is 0 Å². The Balaban J connectivity index is 2.65. The van der Waals surface area contributed by atoms with Crippen LogP contribution in [-0.4, -0.2) is 20.2 Å². The van der Waals surface area contributed by atoms with E-state index in [-0.39, 0.29) is 16.6 Å². The Morgan fingerprint density at radius 1 is 1.29 bits per heavy atom. The normalized spacial score (nSPS) is 26.1. The van der Waals surface area contributed by atoms with E-state index in [9.17, 15) is 4.79 Å². The second kappa shape index (κ2) is 4.50. The zero-order chi connectivity index (χ0) is 13.5. The highest BCUT2D eigenvalue weighted by Gasteiger charge is 2.42. The molecule has 0 aromatic heterocycles. The van der Waals surface area contributed by atoms with Gasteiger partial charge in [0.1, 0.15) is 5.78 Å². The topological polar surface area (TPSA) is 26.3 Å². The Labute approximate surface area is 107 Å². The molecule has 1 atom stereocenters. The number of hydrogen-bond donors (Lipinski definition) is 0. The van der Waals surface area contributed by atoms with Crippen molar-refractivity contribution in [1.29, 1.82) is 0 Å². The third-order valence-electron chi connectivity index (χ3n) is 4.53. The van der Waals surface area contributed by atoms with Crippen molar-refractivity contribution in [2.75, 3.05) is 0 Å². The molecule has 1 aliphatic carbocycles. The van der Waals surface area contributed by atoms with Crippen LogP contribution in [0.5, 0.6) is 0 Å². The summed E-state index contributed by atoms with van der Waals surface area (Å²) in [5.41, 5.74) is -0.132. The van der Waals surface area contributed by atoms with E-state index in [1.807, 2.05) is 0 Å². The Hall–Kier alpha value is -0.153. The Morgan fingerprint density at radius 2 is 1.82 bits per heavy atom. The molecule has 1 fully saturated rings.